The van der Waals surface area contributed by atoms with Crippen molar-refractivity contribution < 1.29 is 18.8 Å². The number of hydrogen-bond donors (Lipinski definition) is 1. The lowest BCUT2D eigenvalue weighted by atomic mass is 9.78. The van der Waals surface area contributed by atoms with Gasteiger partial charge < -0.3 is 14.6 Å². The normalized spacial score (nSPS) is 25.4. The van der Waals surface area contributed by atoms with E-state index in [2.05, 4.69) is 24.3 Å². The van der Waals surface area contributed by atoms with E-state index in [-0.39, 0.29) is 24.3 Å². The van der Waals surface area contributed by atoms with Crippen molar-refractivity contribution in [3.8, 4) is 0 Å². The van der Waals surface area contributed by atoms with Crippen molar-refractivity contribution in [2.45, 2.75) is 46.1 Å². The second-order valence-corrected chi connectivity index (χ2v) is 5.85. The molecule has 116 valence electrons. The standard InChI is InChI=1S/C15H22N2O4/c1-9-5-4-6-12(11(9)3)16-14(18)8-20-15(19)13-7-10(2)17-21-13/h7,9,11-12H,4-6,8H2,1-3H3,(H,16,18)/t9-,11+,12+/m1/s1. The molecule has 1 saturated carbocycles. The minimum absolute atomic E-state index is 0.0138. The van der Waals surface area contributed by atoms with Gasteiger partial charge in [0.2, 0.25) is 5.76 Å². The van der Waals surface area contributed by atoms with E-state index in [1.54, 1.807) is 6.92 Å². The van der Waals surface area contributed by atoms with Crippen LogP contribution < -0.4 is 5.32 Å². The SMILES string of the molecule is Cc1cc(C(=O)OCC(=O)N[C@H]2CCC[C@@H](C)[C@@H]2C)on1. The van der Waals surface area contributed by atoms with E-state index in [4.69, 9.17) is 9.26 Å². The highest BCUT2D eigenvalue weighted by Gasteiger charge is 2.28. The second-order valence-electron chi connectivity index (χ2n) is 5.85. The second kappa shape index (κ2) is 6.74. The molecular weight excluding hydrogens is 272 g/mol. The molecule has 0 bridgehead atoms. The molecule has 0 unspecified atom stereocenters. The van der Waals surface area contributed by atoms with Crippen molar-refractivity contribution in [2.24, 2.45) is 11.8 Å². The van der Waals surface area contributed by atoms with Crippen LogP contribution in [0.15, 0.2) is 10.6 Å². The van der Waals surface area contributed by atoms with Crippen LogP contribution in [0.1, 0.15) is 49.4 Å². The van der Waals surface area contributed by atoms with Gasteiger partial charge in [0.15, 0.2) is 6.61 Å². The minimum atomic E-state index is -0.671. The quantitative estimate of drug-likeness (QED) is 0.860. The highest BCUT2D eigenvalue weighted by molar-refractivity contribution is 5.88. The summed E-state index contributed by atoms with van der Waals surface area (Å²) in [7, 11) is 0. The number of esters is 1. The van der Waals surface area contributed by atoms with E-state index in [1.165, 1.54) is 12.5 Å². The first kappa shape index (κ1) is 15.5. The van der Waals surface area contributed by atoms with Gasteiger partial charge in [0.25, 0.3) is 5.91 Å². The number of aromatic nitrogens is 1. The Morgan fingerprint density at radius 1 is 1.43 bits per heavy atom. The number of amides is 1. The van der Waals surface area contributed by atoms with Gasteiger partial charge in [0.05, 0.1) is 5.69 Å². The van der Waals surface area contributed by atoms with E-state index >= 15 is 0 Å². The first-order valence-corrected chi connectivity index (χ1v) is 7.37. The van der Waals surface area contributed by atoms with Crippen LogP contribution in [0.25, 0.3) is 0 Å². The van der Waals surface area contributed by atoms with Crippen molar-refractivity contribution >= 4 is 11.9 Å². The van der Waals surface area contributed by atoms with Crippen LogP contribution in [-0.2, 0) is 9.53 Å². The molecule has 0 aromatic carbocycles. The fourth-order valence-electron chi connectivity index (χ4n) is 2.70. The van der Waals surface area contributed by atoms with Gasteiger partial charge in [-0.25, -0.2) is 4.79 Å². The van der Waals surface area contributed by atoms with Crippen LogP contribution in [0.5, 0.6) is 0 Å². The largest absolute Gasteiger partial charge is 0.450 e. The zero-order valence-corrected chi connectivity index (χ0v) is 12.7. The number of nitrogens with one attached hydrogen (secondary N) is 1. The molecule has 1 heterocycles. The van der Waals surface area contributed by atoms with Crippen LogP contribution in [0.4, 0.5) is 0 Å². The summed E-state index contributed by atoms with van der Waals surface area (Å²) in [6, 6.07) is 1.64. The Morgan fingerprint density at radius 2 is 2.19 bits per heavy atom. The molecule has 1 fully saturated rings. The molecule has 1 aliphatic rings. The predicted octanol–water partition coefficient (Wildman–Crippen LogP) is 2.08. The molecule has 0 aliphatic heterocycles. The molecule has 1 aromatic rings. The van der Waals surface area contributed by atoms with Crippen LogP contribution in [0, 0.1) is 18.8 Å². The Labute approximate surface area is 124 Å². The van der Waals surface area contributed by atoms with Gasteiger partial charge in [-0.15, -0.1) is 0 Å². The van der Waals surface area contributed by atoms with Gasteiger partial charge in [-0.2, -0.15) is 0 Å². The van der Waals surface area contributed by atoms with E-state index < -0.39 is 5.97 Å². The van der Waals surface area contributed by atoms with Gasteiger partial charge in [0.1, 0.15) is 0 Å². The van der Waals surface area contributed by atoms with E-state index in [9.17, 15) is 9.59 Å². The molecule has 6 nitrogen and oxygen atoms in total. The maximum atomic E-state index is 11.9. The van der Waals surface area contributed by atoms with E-state index in [0.717, 1.165) is 12.8 Å². The fourth-order valence-corrected chi connectivity index (χ4v) is 2.70. The van der Waals surface area contributed by atoms with Crippen LogP contribution in [-0.4, -0.2) is 29.7 Å². The fraction of sp³-hybridized carbons (Fsp3) is 0.667. The molecule has 1 N–H and O–H groups in total. The van der Waals surface area contributed by atoms with Crippen LogP contribution >= 0.6 is 0 Å². The molecular formula is C15H22N2O4. The molecule has 3 atom stereocenters. The summed E-state index contributed by atoms with van der Waals surface area (Å²) in [4.78, 5) is 23.5. The average Bonchev–Trinajstić information content (AvgIpc) is 2.88. The molecule has 2 rings (SSSR count). The number of nitrogens with zero attached hydrogens (tertiary/aromatic N) is 1. The number of aryl methyl sites for hydroxylation is 1. The third-order valence-electron chi connectivity index (χ3n) is 4.22. The Kier molecular flexibility index (Phi) is 4.98. The summed E-state index contributed by atoms with van der Waals surface area (Å²) in [5.41, 5.74) is 0.594. The lowest BCUT2D eigenvalue weighted by Gasteiger charge is -2.34. The maximum absolute atomic E-state index is 11.9. The molecule has 0 spiro atoms. The first-order chi connectivity index (χ1) is 9.97. The number of rotatable bonds is 4. The van der Waals surface area contributed by atoms with Crippen molar-refractivity contribution in [1.29, 1.82) is 0 Å². The summed E-state index contributed by atoms with van der Waals surface area (Å²) < 4.78 is 9.71. The molecule has 0 radical (unpaired) electrons. The van der Waals surface area contributed by atoms with Gasteiger partial charge >= 0.3 is 5.97 Å². The monoisotopic (exact) mass is 294 g/mol. The Bertz CT molecular complexity index is 512. The van der Waals surface area contributed by atoms with Crippen molar-refractivity contribution in [2.75, 3.05) is 6.61 Å². The van der Waals surface area contributed by atoms with Crippen LogP contribution in [0.2, 0.25) is 0 Å². The molecule has 1 aliphatic carbocycles. The Hall–Kier alpha value is -1.85. The highest BCUT2D eigenvalue weighted by atomic mass is 16.6. The van der Waals surface area contributed by atoms with Gasteiger partial charge in [-0.3, -0.25) is 4.79 Å². The van der Waals surface area contributed by atoms with Crippen molar-refractivity contribution in [1.82, 2.24) is 10.5 Å². The molecule has 21 heavy (non-hydrogen) atoms. The summed E-state index contributed by atoms with van der Waals surface area (Å²) in [6.45, 7) is 5.77. The van der Waals surface area contributed by atoms with E-state index in [1.807, 2.05) is 0 Å². The molecule has 1 amide bonds. The zero-order valence-electron chi connectivity index (χ0n) is 12.7. The number of ether oxygens (including phenoxy) is 1. The third-order valence-corrected chi connectivity index (χ3v) is 4.22. The van der Waals surface area contributed by atoms with Gasteiger partial charge in [-0.1, -0.05) is 31.8 Å². The number of carbonyl (C=O) groups is 2. The van der Waals surface area contributed by atoms with Crippen molar-refractivity contribution in [3.63, 3.8) is 0 Å². The lowest BCUT2D eigenvalue weighted by molar-refractivity contribution is -0.125. The summed E-state index contributed by atoms with van der Waals surface area (Å²) >= 11 is 0. The van der Waals surface area contributed by atoms with Gasteiger partial charge in [0, 0.05) is 12.1 Å². The predicted molar refractivity (Wildman–Crippen MR) is 75.6 cm³/mol. The lowest BCUT2D eigenvalue weighted by Crippen LogP contribution is -2.45. The summed E-state index contributed by atoms with van der Waals surface area (Å²) in [5, 5.41) is 6.55. The minimum Gasteiger partial charge on any atom is -0.450 e. The smallest absolute Gasteiger partial charge is 0.377 e. The number of hydrogen-bond acceptors (Lipinski definition) is 5. The van der Waals surface area contributed by atoms with E-state index in [0.29, 0.717) is 17.5 Å². The first-order valence-electron chi connectivity index (χ1n) is 7.37. The molecule has 0 saturated heterocycles. The van der Waals surface area contributed by atoms with Crippen LogP contribution in [0.3, 0.4) is 0 Å². The highest BCUT2D eigenvalue weighted by Crippen LogP contribution is 2.29. The number of carbonyl (C=O) groups excluding carboxylic acids is 2. The Balaban J connectivity index is 1.78. The maximum Gasteiger partial charge on any atom is 0.377 e. The van der Waals surface area contributed by atoms with Crippen molar-refractivity contribution in [3.05, 3.63) is 17.5 Å². The summed E-state index contributed by atoms with van der Waals surface area (Å²) in [6.07, 6.45) is 3.30. The average molecular weight is 294 g/mol. The topological polar surface area (TPSA) is 81.4 Å². The third kappa shape index (κ3) is 4.06. The Morgan fingerprint density at radius 3 is 2.86 bits per heavy atom. The zero-order chi connectivity index (χ0) is 15.4. The summed E-state index contributed by atoms with van der Waals surface area (Å²) in [5.74, 6) is 0.111. The molecule has 6 heteroatoms. The molecule has 1 aromatic heterocycles. The van der Waals surface area contributed by atoms with Gasteiger partial charge in [-0.05, 0) is 25.2 Å².